The van der Waals surface area contributed by atoms with Gasteiger partial charge in [-0.25, -0.2) is 0 Å². The summed E-state index contributed by atoms with van der Waals surface area (Å²) in [5.41, 5.74) is 1.67. The van der Waals surface area contributed by atoms with Gasteiger partial charge in [0.25, 0.3) is 0 Å². The maximum atomic E-state index is 3.36. The van der Waals surface area contributed by atoms with Crippen LogP contribution in [0.4, 0.5) is 0 Å². The average Bonchev–Trinajstić information content (AvgIpc) is 2.83. The van der Waals surface area contributed by atoms with E-state index in [0.29, 0.717) is 0 Å². The summed E-state index contributed by atoms with van der Waals surface area (Å²) in [6.07, 6.45) is 11.5. The Kier molecular flexibility index (Phi) is 6.82. The van der Waals surface area contributed by atoms with Crippen molar-refractivity contribution in [2.24, 2.45) is 11.8 Å². The summed E-state index contributed by atoms with van der Waals surface area (Å²) in [7, 11) is 0. The molecule has 0 aromatic heterocycles. The molecule has 0 aliphatic heterocycles. The quantitative estimate of drug-likeness (QED) is 0.492. The summed E-state index contributed by atoms with van der Waals surface area (Å²) < 4.78 is 0. The third-order valence-electron chi connectivity index (χ3n) is 2.52. The maximum absolute atomic E-state index is 3.36. The predicted molar refractivity (Wildman–Crippen MR) is 66.2 cm³/mol. The lowest BCUT2D eigenvalue weighted by atomic mass is 10.0. The third kappa shape index (κ3) is 3.37. The molecule has 1 saturated carbocycles. The number of hydrogen-bond acceptors (Lipinski definition) is 0. The van der Waals surface area contributed by atoms with Gasteiger partial charge in [0, 0.05) is 0 Å². The molecule has 0 radical (unpaired) electrons. The first-order chi connectivity index (χ1) is 6.81. The van der Waals surface area contributed by atoms with Crippen molar-refractivity contribution < 1.29 is 0 Å². The van der Waals surface area contributed by atoms with E-state index < -0.39 is 0 Å². The first-order valence-electron chi connectivity index (χ1n) is 5.22. The van der Waals surface area contributed by atoms with Gasteiger partial charge < -0.3 is 0 Å². The second-order valence-corrected chi connectivity index (χ2v) is 3.46. The van der Waals surface area contributed by atoms with Gasteiger partial charge in [-0.15, -0.1) is 19.7 Å². The largest absolute Gasteiger partial charge is 0.106 e. The van der Waals surface area contributed by atoms with Crippen LogP contribution >= 0.6 is 0 Å². The predicted octanol–water partition coefficient (Wildman–Crippen LogP) is 4.52. The molecule has 2 atom stereocenters. The van der Waals surface area contributed by atoms with E-state index in [9.17, 15) is 0 Å². The molecule has 0 saturated heterocycles. The van der Waals surface area contributed by atoms with Crippen molar-refractivity contribution in [3.63, 3.8) is 0 Å². The summed E-state index contributed by atoms with van der Waals surface area (Å²) in [4.78, 5) is 0. The molecular formula is C14H22. The molecule has 2 aliphatic rings. The van der Waals surface area contributed by atoms with E-state index in [-0.39, 0.29) is 0 Å². The lowest BCUT2D eigenvalue weighted by molar-refractivity contribution is 0.693. The zero-order valence-corrected chi connectivity index (χ0v) is 9.50. The minimum Gasteiger partial charge on any atom is -0.106 e. The Bertz CT molecular complexity index is 220. The van der Waals surface area contributed by atoms with E-state index in [4.69, 9.17) is 0 Å². The molecule has 0 aromatic rings. The van der Waals surface area contributed by atoms with E-state index in [1.165, 1.54) is 12.8 Å². The monoisotopic (exact) mass is 190 g/mol. The molecule has 0 heterocycles. The van der Waals surface area contributed by atoms with Crippen LogP contribution < -0.4 is 0 Å². The summed E-state index contributed by atoms with van der Waals surface area (Å²) in [6, 6.07) is 0. The molecule has 2 rings (SSSR count). The minimum absolute atomic E-state index is 0.833. The van der Waals surface area contributed by atoms with Crippen molar-refractivity contribution in [2.75, 3.05) is 0 Å². The second kappa shape index (κ2) is 7.37. The van der Waals surface area contributed by atoms with E-state index >= 15 is 0 Å². The molecular weight excluding hydrogens is 168 g/mol. The number of allylic oxidation sites excluding steroid dienone is 5. The van der Waals surface area contributed by atoms with Gasteiger partial charge in [-0.3, -0.25) is 0 Å². The smallest absolute Gasteiger partial charge is 0.00174 e. The molecule has 0 heteroatoms. The lowest BCUT2D eigenvalue weighted by Crippen LogP contribution is -1.90. The van der Waals surface area contributed by atoms with Gasteiger partial charge >= 0.3 is 0 Å². The number of fused-ring (bicyclic) bond motifs is 2. The molecule has 0 N–H and O–H groups in total. The Hall–Kier alpha value is -1.04. The highest BCUT2D eigenvalue weighted by Gasteiger charge is 2.29. The normalized spacial score (nSPS) is 28.9. The fourth-order valence-electron chi connectivity index (χ4n) is 1.99. The first-order valence-corrected chi connectivity index (χ1v) is 5.22. The van der Waals surface area contributed by atoms with Gasteiger partial charge in [0.2, 0.25) is 0 Å². The Morgan fingerprint density at radius 1 is 1.29 bits per heavy atom. The van der Waals surface area contributed by atoms with Gasteiger partial charge in [-0.2, -0.15) is 0 Å². The van der Waals surface area contributed by atoms with Crippen LogP contribution in [-0.4, -0.2) is 0 Å². The minimum atomic E-state index is 0.833. The molecule has 0 amide bonds. The number of hydrogen-bond donors (Lipinski definition) is 0. The molecule has 2 aliphatic carbocycles. The lowest BCUT2D eigenvalue weighted by Gasteiger charge is -2.05. The van der Waals surface area contributed by atoms with Gasteiger partial charge in [0.05, 0.1) is 0 Å². The van der Waals surface area contributed by atoms with Crippen molar-refractivity contribution in [1.29, 1.82) is 0 Å². The summed E-state index contributed by atoms with van der Waals surface area (Å²) in [6.45, 7) is 13.4. The Labute approximate surface area is 88.7 Å². The molecule has 0 aromatic carbocycles. The molecule has 2 unspecified atom stereocenters. The molecule has 1 fully saturated rings. The van der Waals surface area contributed by atoms with Crippen LogP contribution in [0.1, 0.15) is 26.7 Å². The highest BCUT2D eigenvalue weighted by Crippen LogP contribution is 2.42. The molecule has 78 valence electrons. The standard InChI is InChI=1S/C9H12.C3H6.C2H4/c1-2-8-5-7-3-4-9(8)6-7;1-3-2;1-2/h2-4,7,9H,5-6H2,1H3;3H,1H2,2H3;1-2H2/b8-2+;;. The fraction of sp³-hybridized carbons (Fsp3) is 0.429. The van der Waals surface area contributed by atoms with E-state index in [0.717, 1.165) is 11.8 Å². The van der Waals surface area contributed by atoms with Gasteiger partial charge in [0.15, 0.2) is 0 Å². The third-order valence-corrected chi connectivity index (χ3v) is 2.52. The van der Waals surface area contributed by atoms with Gasteiger partial charge in [0.1, 0.15) is 0 Å². The average molecular weight is 190 g/mol. The van der Waals surface area contributed by atoms with E-state index in [1.54, 1.807) is 11.6 Å². The second-order valence-electron chi connectivity index (χ2n) is 3.46. The zero-order valence-electron chi connectivity index (χ0n) is 9.50. The van der Waals surface area contributed by atoms with E-state index in [1.807, 2.05) is 6.92 Å². The van der Waals surface area contributed by atoms with Crippen LogP contribution in [0.15, 0.2) is 49.6 Å². The van der Waals surface area contributed by atoms with Crippen molar-refractivity contribution in [1.82, 2.24) is 0 Å². The van der Waals surface area contributed by atoms with Gasteiger partial charge in [-0.1, -0.05) is 29.9 Å². The summed E-state index contributed by atoms with van der Waals surface area (Å²) in [5, 5.41) is 0. The van der Waals surface area contributed by atoms with E-state index in [2.05, 4.69) is 44.9 Å². The molecule has 14 heavy (non-hydrogen) atoms. The Balaban J connectivity index is 0.000000294. The van der Waals surface area contributed by atoms with Crippen molar-refractivity contribution in [3.8, 4) is 0 Å². The highest BCUT2D eigenvalue weighted by atomic mass is 14.3. The van der Waals surface area contributed by atoms with Crippen LogP contribution in [0.2, 0.25) is 0 Å². The summed E-state index contributed by atoms with van der Waals surface area (Å²) >= 11 is 0. The molecule has 0 nitrogen and oxygen atoms in total. The molecule has 0 spiro atoms. The Morgan fingerprint density at radius 3 is 2.07 bits per heavy atom. The first kappa shape index (κ1) is 13.0. The van der Waals surface area contributed by atoms with Crippen molar-refractivity contribution in [3.05, 3.63) is 49.6 Å². The summed E-state index contributed by atoms with van der Waals surface area (Å²) in [5.74, 6) is 1.74. The van der Waals surface area contributed by atoms with Crippen LogP contribution in [0, 0.1) is 11.8 Å². The van der Waals surface area contributed by atoms with Gasteiger partial charge in [-0.05, 0) is 38.5 Å². The van der Waals surface area contributed by atoms with Crippen LogP contribution in [-0.2, 0) is 0 Å². The Morgan fingerprint density at radius 2 is 1.86 bits per heavy atom. The van der Waals surface area contributed by atoms with Crippen molar-refractivity contribution >= 4 is 0 Å². The highest BCUT2D eigenvalue weighted by molar-refractivity contribution is 5.26. The molecule has 2 bridgehead atoms. The zero-order chi connectivity index (χ0) is 11.0. The number of rotatable bonds is 0. The maximum Gasteiger partial charge on any atom is -0.00174 e. The topological polar surface area (TPSA) is 0 Å². The van der Waals surface area contributed by atoms with Crippen LogP contribution in [0.5, 0.6) is 0 Å². The van der Waals surface area contributed by atoms with Crippen LogP contribution in [0.25, 0.3) is 0 Å². The fourth-order valence-corrected chi connectivity index (χ4v) is 1.99. The SMILES string of the molecule is C/C=C1\CC2C=CC1C2.C=C.C=CC. The van der Waals surface area contributed by atoms with Crippen molar-refractivity contribution in [2.45, 2.75) is 26.7 Å². The van der Waals surface area contributed by atoms with Crippen LogP contribution in [0.3, 0.4) is 0 Å².